The Balaban J connectivity index is 2.63. The van der Waals surface area contributed by atoms with E-state index < -0.39 is 24.6 Å². The van der Waals surface area contributed by atoms with Gasteiger partial charge in [-0.1, -0.05) is 12.1 Å². The first-order chi connectivity index (χ1) is 7.99. The lowest BCUT2D eigenvalue weighted by Crippen LogP contribution is -2.28. The van der Waals surface area contributed by atoms with Crippen LogP contribution in [0, 0.1) is 0 Å². The fourth-order valence-corrected chi connectivity index (χ4v) is 1.26. The van der Waals surface area contributed by atoms with Crippen LogP contribution < -0.4 is 5.73 Å². The summed E-state index contributed by atoms with van der Waals surface area (Å²) in [6, 6.07) is 6.64. The minimum absolute atomic E-state index is 0.100. The normalized spacial score (nSPS) is 12.0. The van der Waals surface area contributed by atoms with Gasteiger partial charge in [0.2, 0.25) is 0 Å². The number of aliphatic carboxylic acids is 2. The molecule has 0 aliphatic rings. The number of hydrogen-bond donors (Lipinski definition) is 3. The minimum Gasteiger partial charge on any atom is -0.480 e. The molecule has 0 amide bonds. The van der Waals surface area contributed by atoms with Crippen LogP contribution in [0.1, 0.15) is 5.56 Å². The summed E-state index contributed by atoms with van der Waals surface area (Å²) in [7, 11) is 0. The average Bonchev–Trinajstić information content (AvgIpc) is 2.26. The van der Waals surface area contributed by atoms with E-state index in [2.05, 4.69) is 0 Å². The zero-order valence-electron chi connectivity index (χ0n) is 9.00. The van der Waals surface area contributed by atoms with Crippen molar-refractivity contribution < 1.29 is 24.5 Å². The second-order valence-corrected chi connectivity index (χ2v) is 3.48. The van der Waals surface area contributed by atoms with Crippen LogP contribution in [-0.2, 0) is 20.7 Å². The van der Waals surface area contributed by atoms with Crippen LogP contribution in [0.15, 0.2) is 24.3 Å². The van der Waals surface area contributed by atoms with Gasteiger partial charge >= 0.3 is 11.9 Å². The summed E-state index contributed by atoms with van der Waals surface area (Å²) >= 11 is 0. The van der Waals surface area contributed by atoms with E-state index in [1.807, 2.05) is 0 Å². The Labute approximate surface area is 97.6 Å². The molecule has 1 unspecified atom stereocenters. The quantitative estimate of drug-likeness (QED) is 0.618. The second-order valence-electron chi connectivity index (χ2n) is 3.48. The Morgan fingerprint density at radius 1 is 1.24 bits per heavy atom. The molecule has 1 aromatic rings. The monoisotopic (exact) mass is 239 g/mol. The van der Waals surface area contributed by atoms with Crippen molar-refractivity contribution in [3.63, 3.8) is 0 Å². The van der Waals surface area contributed by atoms with E-state index in [4.69, 9.17) is 20.7 Å². The zero-order valence-corrected chi connectivity index (χ0v) is 9.00. The predicted octanol–water partition coefficient (Wildman–Crippen LogP) is 0.366. The van der Waals surface area contributed by atoms with Gasteiger partial charge in [0.05, 0.1) is 0 Å². The van der Waals surface area contributed by atoms with E-state index in [0.29, 0.717) is 5.69 Å². The fourth-order valence-electron chi connectivity index (χ4n) is 1.26. The lowest BCUT2D eigenvalue weighted by molar-refractivity contribution is -0.156. The predicted molar refractivity (Wildman–Crippen MR) is 59.6 cm³/mol. The summed E-state index contributed by atoms with van der Waals surface area (Å²) in [5.74, 6) is -2.39. The van der Waals surface area contributed by atoms with Crippen molar-refractivity contribution in [2.45, 2.75) is 12.5 Å². The standard InChI is InChI=1S/C11H13NO5/c12-8-3-1-7(2-4-8)5-9(11(15)16)17-6-10(13)14/h1-4,9H,5-6,12H2,(H,13,14)(H,15,16). The largest absolute Gasteiger partial charge is 0.480 e. The summed E-state index contributed by atoms with van der Waals surface area (Å²) in [4.78, 5) is 21.1. The lowest BCUT2D eigenvalue weighted by atomic mass is 10.1. The molecule has 0 saturated carbocycles. The van der Waals surface area contributed by atoms with Gasteiger partial charge in [-0.3, -0.25) is 0 Å². The molecule has 0 aliphatic carbocycles. The van der Waals surface area contributed by atoms with Crippen LogP contribution in [0.5, 0.6) is 0 Å². The topological polar surface area (TPSA) is 110 Å². The smallest absolute Gasteiger partial charge is 0.333 e. The van der Waals surface area contributed by atoms with Crippen molar-refractivity contribution in [3.8, 4) is 0 Å². The summed E-state index contributed by atoms with van der Waals surface area (Å²) in [5.41, 5.74) is 6.79. The third kappa shape index (κ3) is 4.52. The molecular weight excluding hydrogens is 226 g/mol. The van der Waals surface area contributed by atoms with Gasteiger partial charge in [0, 0.05) is 12.1 Å². The highest BCUT2D eigenvalue weighted by Gasteiger charge is 2.19. The van der Waals surface area contributed by atoms with Crippen molar-refractivity contribution in [1.29, 1.82) is 0 Å². The molecule has 1 atom stereocenters. The molecule has 1 rings (SSSR count). The molecule has 0 bridgehead atoms. The Bertz CT molecular complexity index is 401. The summed E-state index contributed by atoms with van der Waals surface area (Å²) in [6.45, 7) is -0.633. The number of carboxylic acids is 2. The SMILES string of the molecule is Nc1ccc(CC(OCC(=O)O)C(=O)O)cc1. The minimum atomic E-state index is -1.20. The average molecular weight is 239 g/mol. The molecule has 0 fully saturated rings. The van der Waals surface area contributed by atoms with Gasteiger partial charge in [0.15, 0.2) is 6.10 Å². The van der Waals surface area contributed by atoms with Crippen LogP contribution in [0.2, 0.25) is 0 Å². The Morgan fingerprint density at radius 2 is 1.82 bits per heavy atom. The number of benzene rings is 1. The van der Waals surface area contributed by atoms with Gasteiger partial charge in [-0.15, -0.1) is 0 Å². The highest BCUT2D eigenvalue weighted by Crippen LogP contribution is 2.10. The number of nitrogen functional groups attached to an aromatic ring is 1. The van der Waals surface area contributed by atoms with E-state index in [0.717, 1.165) is 5.56 Å². The van der Waals surface area contributed by atoms with Gasteiger partial charge in [-0.2, -0.15) is 0 Å². The lowest BCUT2D eigenvalue weighted by Gasteiger charge is -2.12. The van der Waals surface area contributed by atoms with Crippen molar-refractivity contribution in [2.24, 2.45) is 0 Å². The van der Waals surface area contributed by atoms with Crippen molar-refractivity contribution >= 4 is 17.6 Å². The first kappa shape index (κ1) is 13.0. The third-order valence-electron chi connectivity index (χ3n) is 2.08. The Morgan fingerprint density at radius 3 is 2.29 bits per heavy atom. The van der Waals surface area contributed by atoms with Gasteiger partial charge in [0.1, 0.15) is 6.61 Å². The zero-order chi connectivity index (χ0) is 12.8. The molecular formula is C11H13NO5. The maximum absolute atomic E-state index is 10.8. The molecule has 6 nitrogen and oxygen atoms in total. The van der Waals surface area contributed by atoms with Crippen LogP contribution in [0.25, 0.3) is 0 Å². The van der Waals surface area contributed by atoms with Crippen LogP contribution in [0.3, 0.4) is 0 Å². The summed E-state index contributed by atoms with van der Waals surface area (Å²) < 4.78 is 4.77. The molecule has 17 heavy (non-hydrogen) atoms. The van der Waals surface area contributed by atoms with Gasteiger partial charge < -0.3 is 20.7 Å². The van der Waals surface area contributed by atoms with E-state index in [-0.39, 0.29) is 6.42 Å². The number of ether oxygens (including phenoxy) is 1. The summed E-state index contributed by atoms with van der Waals surface area (Å²) in [5, 5.41) is 17.3. The highest BCUT2D eigenvalue weighted by atomic mass is 16.5. The number of hydrogen-bond acceptors (Lipinski definition) is 4. The Hall–Kier alpha value is -2.08. The molecule has 6 heteroatoms. The summed E-state index contributed by atoms with van der Waals surface area (Å²) in [6.07, 6.45) is -1.07. The van der Waals surface area contributed by atoms with Gasteiger partial charge in [0.25, 0.3) is 0 Å². The Kier molecular flexibility index (Phi) is 4.47. The molecule has 92 valence electrons. The van der Waals surface area contributed by atoms with Crippen LogP contribution in [0.4, 0.5) is 5.69 Å². The molecule has 0 spiro atoms. The molecule has 1 aromatic carbocycles. The molecule has 0 saturated heterocycles. The second kappa shape index (κ2) is 5.86. The molecule has 4 N–H and O–H groups in total. The highest BCUT2D eigenvalue weighted by molar-refractivity contribution is 5.74. The van der Waals surface area contributed by atoms with Crippen molar-refractivity contribution in [3.05, 3.63) is 29.8 Å². The van der Waals surface area contributed by atoms with Crippen molar-refractivity contribution in [1.82, 2.24) is 0 Å². The van der Waals surface area contributed by atoms with E-state index in [1.165, 1.54) is 0 Å². The van der Waals surface area contributed by atoms with E-state index in [9.17, 15) is 9.59 Å². The first-order valence-corrected chi connectivity index (χ1v) is 4.89. The number of nitrogens with two attached hydrogens (primary N) is 1. The van der Waals surface area contributed by atoms with Gasteiger partial charge in [-0.25, -0.2) is 9.59 Å². The third-order valence-corrected chi connectivity index (χ3v) is 2.08. The number of anilines is 1. The first-order valence-electron chi connectivity index (χ1n) is 4.89. The maximum atomic E-state index is 10.8. The number of carbonyl (C=O) groups is 2. The van der Waals surface area contributed by atoms with Crippen LogP contribution in [-0.4, -0.2) is 34.9 Å². The molecule has 0 radical (unpaired) electrons. The molecule has 0 aliphatic heterocycles. The van der Waals surface area contributed by atoms with E-state index in [1.54, 1.807) is 24.3 Å². The van der Waals surface area contributed by atoms with E-state index >= 15 is 0 Å². The van der Waals surface area contributed by atoms with Crippen LogP contribution >= 0.6 is 0 Å². The molecule has 0 aromatic heterocycles. The number of rotatable bonds is 6. The fraction of sp³-hybridized carbons (Fsp3) is 0.273. The maximum Gasteiger partial charge on any atom is 0.333 e. The van der Waals surface area contributed by atoms with Gasteiger partial charge in [-0.05, 0) is 17.7 Å². The van der Waals surface area contributed by atoms with Crippen molar-refractivity contribution in [2.75, 3.05) is 12.3 Å². The molecule has 0 heterocycles. The number of carboxylic acid groups (broad SMARTS) is 2.